The third kappa shape index (κ3) is 1.98. The molecular formula is C11H11IO2. The topological polar surface area (TPSA) is 26.3 Å². The molecule has 0 aromatic heterocycles. The van der Waals surface area contributed by atoms with Crippen LogP contribution in [0.15, 0.2) is 24.3 Å². The van der Waals surface area contributed by atoms with Gasteiger partial charge in [0.15, 0.2) is 5.78 Å². The summed E-state index contributed by atoms with van der Waals surface area (Å²) in [6.45, 7) is 1.31. The Morgan fingerprint density at radius 2 is 2.21 bits per heavy atom. The summed E-state index contributed by atoms with van der Waals surface area (Å²) in [5.41, 5.74) is 0.837. The monoisotopic (exact) mass is 302 g/mol. The number of carbonyl (C=O) groups is 1. The maximum absolute atomic E-state index is 12.0. The Morgan fingerprint density at radius 1 is 1.43 bits per heavy atom. The van der Waals surface area contributed by atoms with E-state index in [0.717, 1.165) is 22.2 Å². The van der Waals surface area contributed by atoms with E-state index in [1.807, 2.05) is 24.3 Å². The Labute approximate surface area is 96.8 Å². The minimum absolute atomic E-state index is 0.0749. The van der Waals surface area contributed by atoms with Crippen LogP contribution in [0.2, 0.25) is 0 Å². The predicted octanol–water partition coefficient (Wildman–Crippen LogP) is 2.51. The molecule has 1 unspecified atom stereocenters. The maximum Gasteiger partial charge on any atom is 0.169 e. The third-order valence-corrected chi connectivity index (χ3v) is 3.38. The number of hydrogen-bond acceptors (Lipinski definition) is 2. The van der Waals surface area contributed by atoms with E-state index in [0.29, 0.717) is 6.61 Å². The number of ketones is 1. The molecular weight excluding hydrogens is 291 g/mol. The lowest BCUT2D eigenvalue weighted by Gasteiger charge is -2.07. The minimum Gasteiger partial charge on any atom is -0.381 e. The van der Waals surface area contributed by atoms with Gasteiger partial charge < -0.3 is 4.74 Å². The van der Waals surface area contributed by atoms with Crippen LogP contribution in [0.3, 0.4) is 0 Å². The molecule has 3 heteroatoms. The number of halogens is 1. The maximum atomic E-state index is 12.0. The number of carbonyl (C=O) groups excluding carboxylic acids is 1. The first-order chi connectivity index (χ1) is 6.79. The van der Waals surface area contributed by atoms with Gasteiger partial charge in [0, 0.05) is 21.7 Å². The van der Waals surface area contributed by atoms with E-state index >= 15 is 0 Å². The SMILES string of the molecule is O=C(c1ccccc1I)C1CCOC1. The van der Waals surface area contributed by atoms with Crippen molar-refractivity contribution in [1.29, 1.82) is 0 Å². The Bertz CT molecular complexity index is 343. The normalized spacial score (nSPS) is 21.1. The smallest absolute Gasteiger partial charge is 0.169 e. The quantitative estimate of drug-likeness (QED) is 0.620. The van der Waals surface area contributed by atoms with Gasteiger partial charge in [-0.2, -0.15) is 0 Å². The van der Waals surface area contributed by atoms with Crippen molar-refractivity contribution in [2.75, 3.05) is 13.2 Å². The average Bonchev–Trinajstić information content (AvgIpc) is 2.70. The highest BCUT2D eigenvalue weighted by Crippen LogP contribution is 2.21. The average molecular weight is 302 g/mol. The first kappa shape index (κ1) is 10.1. The number of ether oxygens (including phenoxy) is 1. The molecule has 2 rings (SSSR count). The second-order valence-electron chi connectivity index (χ2n) is 3.40. The van der Waals surface area contributed by atoms with Crippen LogP contribution in [0.1, 0.15) is 16.8 Å². The molecule has 0 saturated carbocycles. The van der Waals surface area contributed by atoms with Gasteiger partial charge in [0.1, 0.15) is 0 Å². The molecule has 1 saturated heterocycles. The minimum atomic E-state index is 0.0749. The van der Waals surface area contributed by atoms with Crippen molar-refractivity contribution < 1.29 is 9.53 Å². The Balaban J connectivity index is 2.22. The second kappa shape index (κ2) is 4.40. The van der Waals surface area contributed by atoms with Crippen molar-refractivity contribution in [2.45, 2.75) is 6.42 Å². The molecule has 0 bridgehead atoms. The van der Waals surface area contributed by atoms with E-state index in [2.05, 4.69) is 22.6 Å². The number of Topliss-reactive ketones (excluding diaryl/α,β-unsaturated/α-hetero) is 1. The molecule has 14 heavy (non-hydrogen) atoms. The lowest BCUT2D eigenvalue weighted by Crippen LogP contribution is -2.15. The fourth-order valence-electron chi connectivity index (χ4n) is 1.62. The van der Waals surface area contributed by atoms with Crippen LogP contribution in [0.5, 0.6) is 0 Å². The molecule has 2 nitrogen and oxygen atoms in total. The molecule has 1 aliphatic rings. The summed E-state index contributed by atoms with van der Waals surface area (Å²) in [6, 6.07) is 7.71. The second-order valence-corrected chi connectivity index (χ2v) is 4.57. The van der Waals surface area contributed by atoms with E-state index in [4.69, 9.17) is 4.74 Å². The summed E-state index contributed by atoms with van der Waals surface area (Å²) in [5, 5.41) is 0. The Morgan fingerprint density at radius 3 is 2.86 bits per heavy atom. The van der Waals surface area contributed by atoms with Crippen molar-refractivity contribution in [3.05, 3.63) is 33.4 Å². The molecule has 1 aliphatic heterocycles. The molecule has 1 aromatic carbocycles. The summed E-state index contributed by atoms with van der Waals surface area (Å²) in [5.74, 6) is 0.304. The number of benzene rings is 1. The van der Waals surface area contributed by atoms with E-state index < -0.39 is 0 Å². The van der Waals surface area contributed by atoms with Crippen molar-refractivity contribution >= 4 is 28.4 Å². The highest BCUT2D eigenvalue weighted by molar-refractivity contribution is 14.1. The summed E-state index contributed by atoms with van der Waals surface area (Å²) in [7, 11) is 0. The van der Waals surface area contributed by atoms with Crippen LogP contribution in [-0.4, -0.2) is 19.0 Å². The largest absolute Gasteiger partial charge is 0.381 e. The van der Waals surface area contributed by atoms with Crippen LogP contribution in [0, 0.1) is 9.49 Å². The fourth-order valence-corrected chi connectivity index (χ4v) is 2.28. The number of hydrogen-bond donors (Lipinski definition) is 0. The van der Waals surface area contributed by atoms with E-state index in [1.165, 1.54) is 0 Å². The Kier molecular flexibility index (Phi) is 3.18. The van der Waals surface area contributed by atoms with Gasteiger partial charge in [-0.3, -0.25) is 4.79 Å². The molecule has 0 amide bonds. The zero-order valence-electron chi connectivity index (χ0n) is 7.70. The number of rotatable bonds is 2. The lowest BCUT2D eigenvalue weighted by molar-refractivity contribution is 0.0899. The molecule has 1 atom stereocenters. The van der Waals surface area contributed by atoms with Gasteiger partial charge in [-0.1, -0.05) is 18.2 Å². The summed E-state index contributed by atoms with van der Waals surface area (Å²) >= 11 is 2.20. The zero-order chi connectivity index (χ0) is 9.97. The molecule has 1 aromatic rings. The fraction of sp³-hybridized carbons (Fsp3) is 0.364. The third-order valence-electron chi connectivity index (χ3n) is 2.44. The lowest BCUT2D eigenvalue weighted by atomic mass is 9.97. The van der Waals surface area contributed by atoms with E-state index in [-0.39, 0.29) is 11.7 Å². The molecule has 0 spiro atoms. The molecule has 0 radical (unpaired) electrons. The predicted molar refractivity (Wildman–Crippen MR) is 62.4 cm³/mol. The van der Waals surface area contributed by atoms with E-state index in [1.54, 1.807) is 0 Å². The van der Waals surface area contributed by atoms with Crippen molar-refractivity contribution in [3.63, 3.8) is 0 Å². The molecule has 1 heterocycles. The van der Waals surface area contributed by atoms with Gasteiger partial charge >= 0.3 is 0 Å². The molecule has 74 valence electrons. The first-order valence-corrected chi connectivity index (χ1v) is 5.73. The molecule has 0 aliphatic carbocycles. The highest BCUT2D eigenvalue weighted by Gasteiger charge is 2.25. The van der Waals surface area contributed by atoms with Gasteiger partial charge in [-0.25, -0.2) is 0 Å². The van der Waals surface area contributed by atoms with E-state index in [9.17, 15) is 4.79 Å². The van der Waals surface area contributed by atoms with Crippen molar-refractivity contribution in [2.24, 2.45) is 5.92 Å². The van der Waals surface area contributed by atoms with Gasteiger partial charge in [-0.05, 0) is 35.1 Å². The molecule has 0 N–H and O–H groups in total. The van der Waals surface area contributed by atoms with Crippen molar-refractivity contribution in [3.8, 4) is 0 Å². The first-order valence-electron chi connectivity index (χ1n) is 4.65. The zero-order valence-corrected chi connectivity index (χ0v) is 9.86. The highest BCUT2D eigenvalue weighted by atomic mass is 127. The van der Waals surface area contributed by atoms with Crippen LogP contribution in [0.4, 0.5) is 0 Å². The van der Waals surface area contributed by atoms with Gasteiger partial charge in [0.2, 0.25) is 0 Å². The van der Waals surface area contributed by atoms with Crippen LogP contribution in [0.25, 0.3) is 0 Å². The van der Waals surface area contributed by atoms with Crippen LogP contribution < -0.4 is 0 Å². The van der Waals surface area contributed by atoms with Crippen LogP contribution >= 0.6 is 22.6 Å². The van der Waals surface area contributed by atoms with Crippen molar-refractivity contribution in [1.82, 2.24) is 0 Å². The van der Waals surface area contributed by atoms with Gasteiger partial charge in [-0.15, -0.1) is 0 Å². The summed E-state index contributed by atoms with van der Waals surface area (Å²) in [4.78, 5) is 12.0. The van der Waals surface area contributed by atoms with Gasteiger partial charge in [0.05, 0.1) is 6.61 Å². The summed E-state index contributed by atoms with van der Waals surface area (Å²) in [6.07, 6.45) is 0.865. The molecule has 1 fully saturated rings. The standard InChI is InChI=1S/C11H11IO2/c12-10-4-2-1-3-9(10)11(13)8-5-6-14-7-8/h1-4,8H,5-7H2. The summed E-state index contributed by atoms with van der Waals surface area (Å²) < 4.78 is 6.25. The van der Waals surface area contributed by atoms with Gasteiger partial charge in [0.25, 0.3) is 0 Å². The van der Waals surface area contributed by atoms with Crippen LogP contribution in [-0.2, 0) is 4.74 Å². The Hall–Kier alpha value is -0.420.